The second-order valence-electron chi connectivity index (χ2n) is 8.99. The lowest BCUT2D eigenvalue weighted by Crippen LogP contribution is -2.59. The maximum Gasteiger partial charge on any atom is 0.233 e. The number of aromatic nitrogens is 1. The molecule has 156 valence electrons. The fourth-order valence-electron chi connectivity index (χ4n) is 5.69. The van der Waals surface area contributed by atoms with Crippen LogP contribution in [-0.4, -0.2) is 63.4 Å². The summed E-state index contributed by atoms with van der Waals surface area (Å²) in [4.78, 5) is 6.68. The van der Waals surface area contributed by atoms with Crippen molar-refractivity contribution in [2.24, 2.45) is 16.3 Å². The first-order valence-electron chi connectivity index (χ1n) is 10.4. The highest BCUT2D eigenvalue weighted by Gasteiger charge is 2.59. The highest BCUT2D eigenvalue weighted by Crippen LogP contribution is 2.60. The Morgan fingerprint density at radius 1 is 1.31 bits per heavy atom. The average Bonchev–Trinajstić information content (AvgIpc) is 3.11. The molecule has 3 aliphatic heterocycles. The van der Waals surface area contributed by atoms with Crippen molar-refractivity contribution in [3.8, 4) is 5.75 Å². The van der Waals surface area contributed by atoms with E-state index in [-0.39, 0.29) is 11.6 Å². The zero-order chi connectivity index (χ0) is 20.1. The molecular formula is C21H29N5O2S. The van der Waals surface area contributed by atoms with Gasteiger partial charge in [0.05, 0.1) is 11.9 Å². The van der Waals surface area contributed by atoms with Gasteiger partial charge in [-0.05, 0) is 55.4 Å². The SMILES string of the molecule is CSN1CC=C(c2cc3c(cn2)OC2(C3)CC3(CCN(/C(N)=N/O)CC3)C2)CC1. The molecule has 1 saturated carbocycles. The summed E-state index contributed by atoms with van der Waals surface area (Å²) in [6, 6.07) is 2.26. The lowest BCUT2D eigenvalue weighted by atomic mass is 9.54. The molecular weight excluding hydrogens is 386 g/mol. The summed E-state index contributed by atoms with van der Waals surface area (Å²) >= 11 is 1.81. The molecule has 2 spiro atoms. The predicted octanol–water partition coefficient (Wildman–Crippen LogP) is 2.70. The molecule has 0 amide bonds. The summed E-state index contributed by atoms with van der Waals surface area (Å²) in [5.74, 6) is 1.20. The number of hydrogen-bond acceptors (Lipinski definition) is 6. The number of nitrogens with two attached hydrogens (primary N) is 1. The number of pyridine rings is 1. The number of piperidine rings is 1. The number of fused-ring (bicyclic) bond motifs is 1. The molecule has 0 radical (unpaired) electrons. The third kappa shape index (κ3) is 3.36. The number of oxime groups is 1. The van der Waals surface area contributed by atoms with Crippen LogP contribution in [0.3, 0.4) is 0 Å². The van der Waals surface area contributed by atoms with Crippen LogP contribution in [0.15, 0.2) is 23.5 Å². The van der Waals surface area contributed by atoms with Gasteiger partial charge in [0.15, 0.2) is 0 Å². The summed E-state index contributed by atoms with van der Waals surface area (Å²) in [5.41, 5.74) is 9.84. The molecule has 0 aromatic carbocycles. The minimum absolute atomic E-state index is 0.0436. The Bertz CT molecular complexity index is 855. The van der Waals surface area contributed by atoms with E-state index >= 15 is 0 Å². The number of hydrogen-bond donors (Lipinski definition) is 2. The van der Waals surface area contributed by atoms with Gasteiger partial charge in [-0.2, -0.15) is 0 Å². The minimum atomic E-state index is -0.0436. The molecule has 0 atom stereocenters. The van der Waals surface area contributed by atoms with Crippen LogP contribution < -0.4 is 10.5 Å². The van der Waals surface area contributed by atoms with E-state index in [1.165, 1.54) is 11.1 Å². The fraction of sp³-hybridized carbons (Fsp3) is 0.619. The van der Waals surface area contributed by atoms with Gasteiger partial charge in [-0.25, -0.2) is 4.31 Å². The van der Waals surface area contributed by atoms with Crippen molar-refractivity contribution in [3.63, 3.8) is 0 Å². The molecule has 29 heavy (non-hydrogen) atoms. The first-order valence-corrected chi connectivity index (χ1v) is 11.6. The van der Waals surface area contributed by atoms with Crippen molar-refractivity contribution < 1.29 is 9.94 Å². The molecule has 1 aliphatic carbocycles. The van der Waals surface area contributed by atoms with E-state index in [1.807, 2.05) is 11.1 Å². The molecule has 1 saturated heterocycles. The lowest BCUT2D eigenvalue weighted by molar-refractivity contribution is -0.116. The van der Waals surface area contributed by atoms with Gasteiger partial charge < -0.3 is 20.6 Å². The Morgan fingerprint density at radius 2 is 2.10 bits per heavy atom. The summed E-state index contributed by atoms with van der Waals surface area (Å²) in [6.45, 7) is 3.77. The van der Waals surface area contributed by atoms with Crippen LogP contribution in [0.25, 0.3) is 5.57 Å². The molecule has 1 aromatic rings. The van der Waals surface area contributed by atoms with Crippen molar-refractivity contribution in [1.29, 1.82) is 0 Å². The van der Waals surface area contributed by atoms with Gasteiger partial charge in [-0.15, -0.1) is 0 Å². The van der Waals surface area contributed by atoms with Crippen LogP contribution in [0.4, 0.5) is 0 Å². The van der Waals surface area contributed by atoms with Crippen LogP contribution in [0.1, 0.15) is 43.4 Å². The molecule has 0 unspecified atom stereocenters. The van der Waals surface area contributed by atoms with Gasteiger partial charge in [0, 0.05) is 38.2 Å². The standard InChI is InChI=1S/C21H29N5O2S/c1-29-26-6-2-15(3-7-26)17-10-16-11-21(28-18(16)12-23-17)13-20(14-21)4-8-25(9-5-20)19(22)24-27/h2,10,12,27H,3-9,11,13-14H2,1H3,(H2,22,24). The van der Waals surface area contributed by atoms with Crippen LogP contribution >= 0.6 is 11.9 Å². The summed E-state index contributed by atoms with van der Waals surface area (Å²) in [6.07, 6.45) is 12.8. The first-order chi connectivity index (χ1) is 14.0. The molecule has 1 aromatic heterocycles. The van der Waals surface area contributed by atoms with Gasteiger partial charge in [0.1, 0.15) is 11.4 Å². The zero-order valence-corrected chi connectivity index (χ0v) is 17.7. The lowest BCUT2D eigenvalue weighted by Gasteiger charge is -2.57. The van der Waals surface area contributed by atoms with Crippen molar-refractivity contribution in [2.45, 2.75) is 44.1 Å². The van der Waals surface area contributed by atoms with E-state index < -0.39 is 0 Å². The maximum absolute atomic E-state index is 8.89. The van der Waals surface area contributed by atoms with E-state index in [4.69, 9.17) is 20.7 Å². The highest BCUT2D eigenvalue weighted by molar-refractivity contribution is 7.96. The Balaban J connectivity index is 1.24. The molecule has 2 fully saturated rings. The summed E-state index contributed by atoms with van der Waals surface area (Å²) < 4.78 is 8.80. The predicted molar refractivity (Wildman–Crippen MR) is 115 cm³/mol. The highest BCUT2D eigenvalue weighted by atomic mass is 32.2. The summed E-state index contributed by atoms with van der Waals surface area (Å²) in [5, 5.41) is 12.0. The van der Waals surface area contributed by atoms with Crippen molar-refractivity contribution in [2.75, 3.05) is 32.4 Å². The number of guanidine groups is 1. The third-order valence-corrected chi connectivity index (χ3v) is 8.04. The Morgan fingerprint density at radius 3 is 2.76 bits per heavy atom. The van der Waals surface area contributed by atoms with Crippen LogP contribution in [0.5, 0.6) is 5.75 Å². The van der Waals surface area contributed by atoms with Gasteiger partial charge in [0.25, 0.3) is 0 Å². The van der Waals surface area contributed by atoms with Crippen molar-refractivity contribution in [1.82, 2.24) is 14.2 Å². The topological polar surface area (TPSA) is 87.2 Å². The fourth-order valence-corrected chi connectivity index (χ4v) is 6.19. The monoisotopic (exact) mass is 415 g/mol. The zero-order valence-electron chi connectivity index (χ0n) is 16.9. The van der Waals surface area contributed by atoms with Crippen LogP contribution in [-0.2, 0) is 6.42 Å². The van der Waals surface area contributed by atoms with E-state index in [1.54, 1.807) is 11.9 Å². The largest absolute Gasteiger partial charge is 0.485 e. The van der Waals surface area contributed by atoms with Crippen LogP contribution in [0.2, 0.25) is 0 Å². The smallest absolute Gasteiger partial charge is 0.233 e. The number of rotatable bonds is 2. The van der Waals surface area contributed by atoms with Gasteiger partial charge >= 0.3 is 0 Å². The first kappa shape index (κ1) is 19.1. The summed E-state index contributed by atoms with van der Waals surface area (Å²) in [7, 11) is 0. The second kappa shape index (κ2) is 7.09. The Labute approximate surface area is 176 Å². The van der Waals surface area contributed by atoms with Crippen molar-refractivity contribution >= 4 is 23.5 Å². The van der Waals surface area contributed by atoms with E-state index in [9.17, 15) is 0 Å². The van der Waals surface area contributed by atoms with Crippen molar-refractivity contribution in [3.05, 3.63) is 29.6 Å². The average molecular weight is 416 g/mol. The van der Waals surface area contributed by atoms with Crippen LogP contribution in [0, 0.1) is 5.41 Å². The molecule has 3 N–H and O–H groups in total. The maximum atomic E-state index is 8.89. The van der Waals surface area contributed by atoms with Gasteiger partial charge in [0.2, 0.25) is 5.96 Å². The molecule has 5 rings (SSSR count). The minimum Gasteiger partial charge on any atom is -0.485 e. The molecule has 4 aliphatic rings. The number of nitrogens with zero attached hydrogens (tertiary/aromatic N) is 4. The van der Waals surface area contributed by atoms with Gasteiger partial charge in [-0.3, -0.25) is 4.98 Å². The molecule has 4 heterocycles. The molecule has 0 bridgehead atoms. The Kier molecular flexibility index (Phi) is 4.66. The Hall–Kier alpha value is -1.93. The van der Waals surface area contributed by atoms with E-state index in [2.05, 4.69) is 27.9 Å². The normalized spacial score (nSPS) is 25.5. The quantitative estimate of drug-likeness (QED) is 0.252. The van der Waals surface area contributed by atoms with E-state index in [0.29, 0.717) is 5.41 Å². The molecule has 8 heteroatoms. The number of ether oxygens (including phenoxy) is 1. The van der Waals surface area contributed by atoms with E-state index in [0.717, 1.165) is 76.1 Å². The van der Waals surface area contributed by atoms with Gasteiger partial charge in [-0.1, -0.05) is 23.2 Å². The number of likely N-dealkylation sites (tertiary alicyclic amines) is 1. The second-order valence-corrected chi connectivity index (χ2v) is 9.87. The third-order valence-electron chi connectivity index (χ3n) is 7.19. The molecule has 7 nitrogen and oxygen atoms in total.